The van der Waals surface area contributed by atoms with Crippen LogP contribution in [0.4, 0.5) is 0 Å². The molecule has 0 N–H and O–H groups in total. The fourth-order valence-corrected chi connectivity index (χ4v) is 3.06. The lowest BCUT2D eigenvalue weighted by molar-refractivity contribution is -0.131. The maximum atomic E-state index is 12.3. The van der Waals surface area contributed by atoms with Crippen molar-refractivity contribution in [2.45, 2.75) is 0 Å². The van der Waals surface area contributed by atoms with E-state index in [9.17, 15) is 9.59 Å². The quantitative estimate of drug-likeness (QED) is 0.170. The number of hydrogen-bond acceptors (Lipinski definition) is 4. The van der Waals surface area contributed by atoms with E-state index in [1.54, 1.807) is 48.5 Å². The zero-order valence-electron chi connectivity index (χ0n) is 19.2. The van der Waals surface area contributed by atoms with Crippen LogP contribution in [0.25, 0.3) is 0 Å². The highest BCUT2D eigenvalue weighted by Crippen LogP contribution is 2.19. The Hall–Kier alpha value is -5.32. The molecule has 0 saturated heterocycles. The second kappa shape index (κ2) is 12.2. The van der Waals surface area contributed by atoms with Crippen LogP contribution < -0.4 is 9.47 Å². The van der Waals surface area contributed by atoms with E-state index in [0.29, 0.717) is 22.6 Å². The molecule has 0 fully saturated rings. The first-order valence-corrected chi connectivity index (χ1v) is 11.1. The van der Waals surface area contributed by atoms with Gasteiger partial charge in [-0.15, -0.1) is 0 Å². The number of benzene rings is 4. The van der Waals surface area contributed by atoms with Crippen molar-refractivity contribution >= 4 is 11.9 Å². The van der Waals surface area contributed by atoms with Crippen molar-refractivity contribution in [1.29, 1.82) is 0 Å². The molecular weight excluding hydrogens is 448 g/mol. The topological polar surface area (TPSA) is 52.6 Å². The normalized spacial score (nSPS) is 9.89. The minimum atomic E-state index is -0.724. The second-order valence-corrected chi connectivity index (χ2v) is 7.40. The Kier molecular flexibility index (Phi) is 8.09. The van der Waals surface area contributed by atoms with Crippen molar-refractivity contribution in [3.8, 4) is 35.2 Å². The number of carbonyl (C=O) groups excluding carboxylic acids is 2. The van der Waals surface area contributed by atoms with E-state index in [1.165, 1.54) is 0 Å². The highest BCUT2D eigenvalue weighted by atomic mass is 16.5. The molecular formula is C32H20O4. The minimum Gasteiger partial charge on any atom is -0.422 e. The van der Waals surface area contributed by atoms with E-state index in [2.05, 4.69) is 23.7 Å². The van der Waals surface area contributed by atoms with Crippen LogP contribution in [0.2, 0.25) is 0 Å². The third kappa shape index (κ3) is 7.09. The van der Waals surface area contributed by atoms with Crippen molar-refractivity contribution in [3.63, 3.8) is 0 Å². The highest BCUT2D eigenvalue weighted by Gasteiger charge is 2.08. The third-order valence-electron chi connectivity index (χ3n) is 4.78. The molecule has 4 aromatic carbocycles. The number of para-hydroxylation sites is 2. The van der Waals surface area contributed by atoms with Crippen molar-refractivity contribution in [1.82, 2.24) is 0 Å². The van der Waals surface area contributed by atoms with Gasteiger partial charge in [0.1, 0.15) is 11.5 Å². The fraction of sp³-hybridized carbons (Fsp3) is 0. The molecule has 172 valence electrons. The number of hydrogen-bond donors (Lipinski definition) is 0. The number of ether oxygens (including phenoxy) is 2. The highest BCUT2D eigenvalue weighted by molar-refractivity contribution is 5.93. The van der Waals surface area contributed by atoms with Gasteiger partial charge in [0.05, 0.1) is 11.1 Å². The number of carbonyl (C=O) groups is 2. The molecule has 0 bridgehead atoms. The molecule has 0 amide bonds. The summed E-state index contributed by atoms with van der Waals surface area (Å²) in [5, 5.41) is 0. The summed E-state index contributed by atoms with van der Waals surface area (Å²) >= 11 is 0. The van der Waals surface area contributed by atoms with E-state index >= 15 is 0 Å². The van der Waals surface area contributed by atoms with Crippen LogP contribution in [-0.4, -0.2) is 11.9 Å². The van der Waals surface area contributed by atoms with Gasteiger partial charge in [0.25, 0.3) is 0 Å². The first-order valence-electron chi connectivity index (χ1n) is 11.1. The number of esters is 2. The summed E-state index contributed by atoms with van der Waals surface area (Å²) in [6, 6.07) is 32.8. The van der Waals surface area contributed by atoms with Crippen molar-refractivity contribution in [2.24, 2.45) is 0 Å². The van der Waals surface area contributed by atoms with Gasteiger partial charge in [-0.1, -0.05) is 84.3 Å². The third-order valence-corrected chi connectivity index (χ3v) is 4.78. The predicted octanol–water partition coefficient (Wildman–Crippen LogP) is 5.55. The number of rotatable bonds is 4. The molecule has 36 heavy (non-hydrogen) atoms. The molecule has 0 aliphatic heterocycles. The summed E-state index contributed by atoms with van der Waals surface area (Å²) in [6.07, 6.45) is 2.03. The van der Waals surface area contributed by atoms with E-state index in [-0.39, 0.29) is 0 Å². The molecule has 0 aliphatic rings. The SMILES string of the molecule is O=C(/C=C/C(=O)Oc1ccccc1C#Cc1ccccc1)Oc1ccccc1C#Cc1ccccc1. The smallest absolute Gasteiger partial charge is 0.336 e. The molecule has 0 radical (unpaired) electrons. The van der Waals surface area contributed by atoms with E-state index in [1.807, 2.05) is 60.7 Å². The zero-order valence-corrected chi connectivity index (χ0v) is 19.2. The summed E-state index contributed by atoms with van der Waals surface area (Å²) in [6.45, 7) is 0. The lowest BCUT2D eigenvalue weighted by atomic mass is 10.1. The van der Waals surface area contributed by atoms with Gasteiger partial charge in [-0.2, -0.15) is 0 Å². The van der Waals surface area contributed by atoms with Crippen LogP contribution in [0, 0.1) is 23.7 Å². The van der Waals surface area contributed by atoms with Crippen LogP contribution in [0.1, 0.15) is 22.3 Å². The Morgan fingerprint density at radius 1 is 0.472 bits per heavy atom. The van der Waals surface area contributed by atoms with Crippen molar-refractivity contribution in [2.75, 3.05) is 0 Å². The average Bonchev–Trinajstić information content (AvgIpc) is 2.92. The molecule has 4 aromatic rings. The lowest BCUT2D eigenvalue weighted by Gasteiger charge is -2.05. The largest absolute Gasteiger partial charge is 0.422 e. The molecule has 4 heteroatoms. The van der Waals surface area contributed by atoms with Crippen LogP contribution >= 0.6 is 0 Å². The first kappa shape index (κ1) is 23.8. The molecule has 0 heterocycles. The molecule has 0 aliphatic carbocycles. The summed E-state index contributed by atoms with van der Waals surface area (Å²) < 4.78 is 10.8. The Morgan fingerprint density at radius 3 is 1.25 bits per heavy atom. The summed E-state index contributed by atoms with van der Waals surface area (Å²) in [7, 11) is 0. The van der Waals surface area contributed by atoms with Gasteiger partial charge in [-0.25, -0.2) is 9.59 Å². The van der Waals surface area contributed by atoms with E-state index < -0.39 is 11.9 Å². The Morgan fingerprint density at radius 2 is 0.833 bits per heavy atom. The van der Waals surface area contributed by atoms with Crippen molar-refractivity contribution in [3.05, 3.63) is 144 Å². The van der Waals surface area contributed by atoms with Crippen LogP contribution in [-0.2, 0) is 9.59 Å². The Bertz CT molecular complexity index is 1400. The molecule has 0 saturated carbocycles. The van der Waals surface area contributed by atoms with Gasteiger partial charge in [0, 0.05) is 23.3 Å². The maximum absolute atomic E-state index is 12.3. The molecule has 0 atom stereocenters. The van der Waals surface area contributed by atoms with Crippen LogP contribution in [0.3, 0.4) is 0 Å². The molecule has 0 spiro atoms. The van der Waals surface area contributed by atoms with Gasteiger partial charge in [0.15, 0.2) is 0 Å². The van der Waals surface area contributed by atoms with Gasteiger partial charge in [0.2, 0.25) is 0 Å². The summed E-state index contributed by atoms with van der Waals surface area (Å²) in [4.78, 5) is 24.7. The molecule has 0 unspecified atom stereocenters. The van der Waals surface area contributed by atoms with Gasteiger partial charge in [-0.05, 0) is 48.5 Å². The van der Waals surface area contributed by atoms with Gasteiger partial charge >= 0.3 is 11.9 Å². The molecule has 4 rings (SSSR count). The maximum Gasteiger partial charge on any atom is 0.336 e. The van der Waals surface area contributed by atoms with Gasteiger partial charge < -0.3 is 9.47 Å². The molecule has 4 nitrogen and oxygen atoms in total. The summed E-state index contributed by atoms with van der Waals surface area (Å²) in [5.41, 5.74) is 2.79. The van der Waals surface area contributed by atoms with E-state index in [4.69, 9.17) is 9.47 Å². The second-order valence-electron chi connectivity index (χ2n) is 7.40. The minimum absolute atomic E-state index is 0.297. The predicted molar refractivity (Wildman–Crippen MR) is 138 cm³/mol. The van der Waals surface area contributed by atoms with Gasteiger partial charge in [-0.3, -0.25) is 0 Å². The van der Waals surface area contributed by atoms with E-state index in [0.717, 1.165) is 23.3 Å². The standard InChI is InChI=1S/C32H20O4/c33-31(35-29-17-9-7-15-27(29)21-19-25-11-3-1-4-12-25)23-24-32(34)36-30-18-10-8-16-28(30)22-20-26-13-5-2-6-14-26/h1-18,23-24H/b24-23+. The molecule has 0 aromatic heterocycles. The summed E-state index contributed by atoms with van der Waals surface area (Å²) in [5.74, 6) is 11.2. The monoisotopic (exact) mass is 468 g/mol. The van der Waals surface area contributed by atoms with Crippen LogP contribution in [0.15, 0.2) is 121 Å². The average molecular weight is 469 g/mol. The van der Waals surface area contributed by atoms with Crippen molar-refractivity contribution < 1.29 is 19.1 Å². The lowest BCUT2D eigenvalue weighted by Crippen LogP contribution is -2.09. The van der Waals surface area contributed by atoms with Crippen LogP contribution in [0.5, 0.6) is 11.5 Å². The first-order chi connectivity index (χ1) is 17.7. The zero-order chi connectivity index (χ0) is 25.0. The Labute approximate surface area is 209 Å². The fourth-order valence-electron chi connectivity index (χ4n) is 3.06. The Balaban J connectivity index is 1.40.